The Labute approximate surface area is 73.7 Å². The summed E-state index contributed by atoms with van der Waals surface area (Å²) in [5.41, 5.74) is 0. The third-order valence-electron chi connectivity index (χ3n) is 0.781. The molecule has 0 atom stereocenters. The van der Waals surface area contributed by atoms with E-state index in [1.165, 1.54) is 21.2 Å². The van der Waals surface area contributed by atoms with Gasteiger partial charge in [-0.1, -0.05) is 20.3 Å². The van der Waals surface area contributed by atoms with E-state index in [-0.39, 0.29) is 0 Å². The molecule has 0 spiro atoms. The van der Waals surface area contributed by atoms with Crippen molar-refractivity contribution in [1.82, 2.24) is 0 Å². The molecular weight excluding hydrogens is 264 g/mol. The molecule has 0 aromatic carbocycles. The molecule has 0 heterocycles. The summed E-state index contributed by atoms with van der Waals surface area (Å²) >= 11 is 3.62. The van der Waals surface area contributed by atoms with Gasteiger partial charge < -0.3 is 6.92 Å². The molecule has 0 bridgehead atoms. The Morgan fingerprint density at radius 3 is 1.88 bits per heavy atom. The SMILES string of the molecule is [CH2-]CCC(C)C.[Zn+][I]. The van der Waals surface area contributed by atoms with Crippen LogP contribution in [0.4, 0.5) is 0 Å². The second kappa shape index (κ2) is 11.2. The monoisotopic (exact) mass is 276 g/mol. The minimum absolute atomic E-state index is 0.836. The van der Waals surface area contributed by atoms with Crippen LogP contribution >= 0.6 is 19.8 Å². The summed E-state index contributed by atoms with van der Waals surface area (Å²) in [5, 5.41) is 0. The molecule has 0 unspecified atom stereocenters. The van der Waals surface area contributed by atoms with Gasteiger partial charge in [0.2, 0.25) is 0 Å². The Morgan fingerprint density at radius 2 is 1.88 bits per heavy atom. The molecule has 0 saturated carbocycles. The second-order valence-corrected chi connectivity index (χ2v) is 2.04. The number of hydrogen-bond donors (Lipinski definition) is 0. The van der Waals surface area contributed by atoms with Gasteiger partial charge in [0.25, 0.3) is 0 Å². The van der Waals surface area contributed by atoms with Crippen molar-refractivity contribution in [3.63, 3.8) is 0 Å². The van der Waals surface area contributed by atoms with Crippen molar-refractivity contribution >= 4 is 19.8 Å². The fourth-order valence-corrected chi connectivity index (χ4v) is 0.408. The Bertz CT molecular complexity index is 29.7. The van der Waals surface area contributed by atoms with Crippen LogP contribution in [0.3, 0.4) is 0 Å². The summed E-state index contributed by atoms with van der Waals surface area (Å²) in [5.74, 6) is 0.836. The van der Waals surface area contributed by atoms with E-state index in [9.17, 15) is 0 Å². The van der Waals surface area contributed by atoms with E-state index in [0.29, 0.717) is 0 Å². The minimum atomic E-state index is 0.836. The molecule has 2 heteroatoms. The van der Waals surface area contributed by atoms with Crippen LogP contribution in [0.2, 0.25) is 0 Å². The van der Waals surface area contributed by atoms with Gasteiger partial charge in [-0.2, -0.15) is 6.42 Å². The molecule has 8 heavy (non-hydrogen) atoms. The second-order valence-electron chi connectivity index (χ2n) is 2.04. The van der Waals surface area contributed by atoms with Crippen LogP contribution in [0.5, 0.6) is 0 Å². The van der Waals surface area contributed by atoms with Crippen LogP contribution in [0.1, 0.15) is 26.7 Å². The maximum absolute atomic E-state index is 3.73. The van der Waals surface area contributed by atoms with Gasteiger partial charge in [-0.15, -0.1) is 0 Å². The predicted octanol–water partition coefficient (Wildman–Crippen LogP) is 3.14. The molecule has 0 aromatic heterocycles. The van der Waals surface area contributed by atoms with Gasteiger partial charge in [-0.05, 0) is 5.92 Å². The van der Waals surface area contributed by atoms with Crippen LogP contribution in [-0.4, -0.2) is 0 Å². The first-order valence-corrected chi connectivity index (χ1v) is 11.9. The van der Waals surface area contributed by atoms with Crippen LogP contribution in [0, 0.1) is 12.8 Å². The zero-order chi connectivity index (χ0) is 6.99. The zero-order valence-electron chi connectivity index (χ0n) is 5.78. The zero-order valence-corrected chi connectivity index (χ0v) is 10.9. The van der Waals surface area contributed by atoms with Crippen molar-refractivity contribution in [1.29, 1.82) is 0 Å². The first kappa shape index (κ1) is 12.1. The van der Waals surface area contributed by atoms with Crippen molar-refractivity contribution < 1.29 is 14.8 Å². The van der Waals surface area contributed by atoms with Gasteiger partial charge in [-0.3, -0.25) is 0 Å². The number of rotatable bonds is 2. The third kappa shape index (κ3) is 15.7. The summed E-state index contributed by atoms with van der Waals surface area (Å²) in [6, 6.07) is 0. The Kier molecular flexibility index (Phi) is 16.9. The van der Waals surface area contributed by atoms with E-state index in [1.807, 2.05) is 0 Å². The van der Waals surface area contributed by atoms with Crippen LogP contribution in [0.25, 0.3) is 0 Å². The van der Waals surface area contributed by atoms with E-state index in [1.54, 1.807) is 0 Å². The van der Waals surface area contributed by atoms with Crippen LogP contribution < -0.4 is 0 Å². The van der Waals surface area contributed by atoms with E-state index in [0.717, 1.165) is 12.3 Å². The standard InChI is InChI=1S/C6H13.HI.Zn/c1-4-5-6(2)3;;/h6H,1,4-5H2,2-3H3;1H;/q-1;;+2/p-1. The first-order valence-electron chi connectivity index (χ1n) is 2.83. The normalized spacial score (nSPS) is 8.38. The van der Waals surface area contributed by atoms with Gasteiger partial charge in [0.15, 0.2) is 0 Å². The molecule has 46 valence electrons. The predicted molar refractivity (Wildman–Crippen MR) is 43.4 cm³/mol. The number of hydrogen-bond acceptors (Lipinski definition) is 0. The quantitative estimate of drug-likeness (QED) is 0.413. The Morgan fingerprint density at radius 1 is 1.50 bits per heavy atom. The summed E-state index contributed by atoms with van der Waals surface area (Å²) in [7, 11) is 0. The molecule has 0 radical (unpaired) electrons. The molecule has 0 saturated heterocycles. The van der Waals surface area contributed by atoms with Crippen molar-refractivity contribution in [3.05, 3.63) is 6.92 Å². The fraction of sp³-hybridized carbons (Fsp3) is 0.833. The summed E-state index contributed by atoms with van der Waals surface area (Å²) < 4.78 is 0. The van der Waals surface area contributed by atoms with E-state index < -0.39 is 0 Å². The summed E-state index contributed by atoms with van der Waals surface area (Å²) in [4.78, 5) is 0. The van der Waals surface area contributed by atoms with Gasteiger partial charge in [0.1, 0.15) is 0 Å². The van der Waals surface area contributed by atoms with Gasteiger partial charge in [-0.25, -0.2) is 0 Å². The van der Waals surface area contributed by atoms with E-state index >= 15 is 0 Å². The van der Waals surface area contributed by atoms with Gasteiger partial charge in [0.05, 0.1) is 0 Å². The van der Waals surface area contributed by atoms with Crippen molar-refractivity contribution in [3.8, 4) is 0 Å². The molecule has 0 nitrogen and oxygen atoms in total. The van der Waals surface area contributed by atoms with Crippen molar-refractivity contribution in [2.75, 3.05) is 0 Å². The third-order valence-corrected chi connectivity index (χ3v) is 0.781. The Balaban J connectivity index is 0. The van der Waals surface area contributed by atoms with Crippen LogP contribution in [-0.2, 0) is 14.8 Å². The molecule has 0 fully saturated rings. The molecule has 0 N–H and O–H groups in total. The van der Waals surface area contributed by atoms with Gasteiger partial charge in [0, 0.05) is 0 Å². The maximum atomic E-state index is 3.73. The van der Waals surface area contributed by atoms with E-state index in [4.69, 9.17) is 0 Å². The molecule has 0 aromatic rings. The molecule has 0 aliphatic rings. The molecule has 0 amide bonds. The molecule has 0 rings (SSSR count). The van der Waals surface area contributed by atoms with Crippen LogP contribution in [0.15, 0.2) is 0 Å². The summed E-state index contributed by atoms with van der Waals surface area (Å²) in [6.07, 6.45) is 2.34. The first-order chi connectivity index (χ1) is 3.77. The molecule has 0 aliphatic carbocycles. The average molecular weight is 277 g/mol. The molecular formula is C6H13IZn. The van der Waals surface area contributed by atoms with Gasteiger partial charge >= 0.3 is 34.5 Å². The fourth-order valence-electron chi connectivity index (χ4n) is 0.408. The number of halogens is 1. The topological polar surface area (TPSA) is 0 Å². The van der Waals surface area contributed by atoms with Crippen molar-refractivity contribution in [2.45, 2.75) is 26.7 Å². The average Bonchev–Trinajstić information content (AvgIpc) is 1.72. The Hall–Kier alpha value is 1.35. The van der Waals surface area contributed by atoms with Crippen molar-refractivity contribution in [2.24, 2.45) is 5.92 Å². The summed E-state index contributed by atoms with van der Waals surface area (Å²) in [6.45, 7) is 8.15. The molecule has 0 aliphatic heterocycles. The van der Waals surface area contributed by atoms with E-state index in [2.05, 4.69) is 40.5 Å².